The van der Waals surface area contributed by atoms with E-state index in [1.807, 2.05) is 37.5 Å². The van der Waals surface area contributed by atoms with Gasteiger partial charge < -0.3 is 9.30 Å². The first-order valence-electron chi connectivity index (χ1n) is 8.89. The van der Waals surface area contributed by atoms with E-state index in [1.165, 1.54) is 20.2 Å². The molecule has 4 amide bonds. The van der Waals surface area contributed by atoms with Crippen molar-refractivity contribution < 1.29 is 23.9 Å². The number of aromatic nitrogens is 1. The fraction of sp³-hybridized carbons (Fsp3) is 0.238. The van der Waals surface area contributed by atoms with Gasteiger partial charge in [-0.2, -0.15) is 0 Å². The van der Waals surface area contributed by atoms with Crippen molar-refractivity contribution in [1.29, 1.82) is 0 Å². The largest absolute Gasteiger partial charge is 0.465 e. The van der Waals surface area contributed by atoms with E-state index in [0.717, 1.165) is 27.5 Å². The third-order valence-corrected chi connectivity index (χ3v) is 4.95. The molecule has 2 heterocycles. The Hall–Kier alpha value is -3.68. The second-order valence-corrected chi connectivity index (χ2v) is 6.84. The Balaban J connectivity index is 2.11. The van der Waals surface area contributed by atoms with E-state index in [-0.39, 0.29) is 5.57 Å². The Morgan fingerprint density at radius 3 is 2.45 bits per heavy atom. The summed E-state index contributed by atoms with van der Waals surface area (Å²) < 4.78 is 6.74. The summed E-state index contributed by atoms with van der Waals surface area (Å²) in [4.78, 5) is 48.8. The van der Waals surface area contributed by atoms with Crippen LogP contribution in [0.15, 0.2) is 29.8 Å². The number of imide groups is 2. The summed E-state index contributed by atoms with van der Waals surface area (Å²) in [6, 6.07) is 6.35. The Morgan fingerprint density at radius 2 is 1.79 bits per heavy atom. The lowest BCUT2D eigenvalue weighted by atomic mass is 10.1. The molecule has 2 aromatic rings. The number of esters is 1. The monoisotopic (exact) mass is 395 g/mol. The zero-order valence-electron chi connectivity index (χ0n) is 16.8. The number of hydrogen-bond acceptors (Lipinski definition) is 5. The first-order valence-corrected chi connectivity index (χ1v) is 8.89. The van der Waals surface area contributed by atoms with Gasteiger partial charge in [0.15, 0.2) is 0 Å². The number of hydrogen-bond donors (Lipinski definition) is 1. The maximum Gasteiger partial charge on any atom is 0.337 e. The number of nitrogens with zero attached hydrogens (tertiary/aromatic N) is 2. The Morgan fingerprint density at radius 1 is 1.10 bits per heavy atom. The summed E-state index contributed by atoms with van der Waals surface area (Å²) in [6.07, 6.45) is 1.47. The molecule has 8 heteroatoms. The summed E-state index contributed by atoms with van der Waals surface area (Å²) in [5, 5.41) is 2.14. The molecule has 1 saturated heterocycles. The summed E-state index contributed by atoms with van der Waals surface area (Å²) >= 11 is 0. The lowest BCUT2D eigenvalue weighted by molar-refractivity contribution is -0.129. The number of amides is 4. The molecule has 1 N–H and O–H groups in total. The number of likely N-dealkylation sites (N-methyl/N-ethyl adjacent to an activating group) is 1. The highest BCUT2D eigenvalue weighted by Crippen LogP contribution is 2.26. The molecule has 29 heavy (non-hydrogen) atoms. The molecule has 3 rings (SSSR count). The zero-order valence-corrected chi connectivity index (χ0v) is 16.8. The molecule has 0 unspecified atom stereocenters. The Bertz CT molecular complexity index is 1090. The predicted molar refractivity (Wildman–Crippen MR) is 106 cm³/mol. The van der Waals surface area contributed by atoms with E-state index in [9.17, 15) is 19.2 Å². The van der Waals surface area contributed by atoms with Crippen LogP contribution in [0.25, 0.3) is 11.8 Å². The number of methoxy groups -OCH3 is 1. The number of nitrogens with one attached hydrogen (secondary N) is 1. The van der Waals surface area contributed by atoms with E-state index in [0.29, 0.717) is 11.1 Å². The molecule has 1 aromatic carbocycles. The molecule has 1 aromatic heterocycles. The molecule has 1 aliphatic heterocycles. The maximum atomic E-state index is 12.3. The standard InChI is InChI=1S/C21H21N3O5/c1-11-6-7-14(20(27)29-5)10-17(11)24-12(2)8-15(13(24)3)9-16-18(25)22-21(28)23(4)19(16)26/h6-10H,1-5H3,(H,22,25,28)/b16-9-. The van der Waals surface area contributed by atoms with Gasteiger partial charge in [0.25, 0.3) is 11.8 Å². The first-order chi connectivity index (χ1) is 13.6. The lowest BCUT2D eigenvalue weighted by Crippen LogP contribution is -2.52. The van der Waals surface area contributed by atoms with Gasteiger partial charge in [0.2, 0.25) is 0 Å². The van der Waals surface area contributed by atoms with Gasteiger partial charge in [-0.15, -0.1) is 0 Å². The predicted octanol–water partition coefficient (Wildman–Crippen LogP) is 2.28. The third-order valence-electron chi connectivity index (χ3n) is 4.95. The molecule has 150 valence electrons. The number of barbiturate groups is 1. The van der Waals surface area contributed by atoms with Crippen molar-refractivity contribution in [2.75, 3.05) is 14.2 Å². The number of benzene rings is 1. The third kappa shape index (κ3) is 3.44. The van der Waals surface area contributed by atoms with Gasteiger partial charge in [-0.05, 0) is 56.2 Å². The normalized spacial score (nSPS) is 15.7. The van der Waals surface area contributed by atoms with E-state index >= 15 is 0 Å². The van der Waals surface area contributed by atoms with E-state index in [4.69, 9.17) is 4.74 Å². The molecule has 1 fully saturated rings. The summed E-state index contributed by atoms with van der Waals surface area (Å²) in [6.45, 7) is 5.66. The second-order valence-electron chi connectivity index (χ2n) is 6.84. The van der Waals surface area contributed by atoms with Crippen LogP contribution in [0.5, 0.6) is 0 Å². The van der Waals surface area contributed by atoms with Gasteiger partial charge in [0, 0.05) is 24.1 Å². The number of ether oxygens (including phenoxy) is 1. The minimum Gasteiger partial charge on any atom is -0.465 e. The first kappa shape index (κ1) is 20.1. The van der Waals surface area contributed by atoms with Crippen molar-refractivity contribution in [2.24, 2.45) is 0 Å². The van der Waals surface area contributed by atoms with E-state index < -0.39 is 23.8 Å². The molecule has 0 radical (unpaired) electrons. The van der Waals surface area contributed by atoms with Gasteiger partial charge in [0.05, 0.1) is 12.7 Å². The summed E-state index contributed by atoms with van der Waals surface area (Å²) in [7, 11) is 2.63. The number of rotatable bonds is 3. The van der Waals surface area contributed by atoms with Crippen molar-refractivity contribution in [1.82, 2.24) is 14.8 Å². The van der Waals surface area contributed by atoms with Crippen molar-refractivity contribution in [3.8, 4) is 5.69 Å². The number of aryl methyl sites for hydroxylation is 2. The minimum absolute atomic E-state index is 0.118. The van der Waals surface area contributed by atoms with Gasteiger partial charge >= 0.3 is 12.0 Å². The lowest BCUT2D eigenvalue weighted by Gasteiger charge is -2.22. The number of carbonyl (C=O) groups is 4. The minimum atomic E-state index is -0.752. The summed E-state index contributed by atoms with van der Waals surface area (Å²) in [5.41, 5.74) is 4.32. The topological polar surface area (TPSA) is 97.7 Å². The molecule has 8 nitrogen and oxygen atoms in total. The molecule has 0 atom stereocenters. The maximum absolute atomic E-state index is 12.3. The van der Waals surface area contributed by atoms with Crippen LogP contribution in [-0.2, 0) is 14.3 Å². The second kappa shape index (κ2) is 7.38. The van der Waals surface area contributed by atoms with Crippen molar-refractivity contribution >= 4 is 29.9 Å². The van der Waals surface area contributed by atoms with E-state index in [2.05, 4.69) is 5.32 Å². The van der Waals surface area contributed by atoms with Gasteiger partial charge in [0.1, 0.15) is 5.57 Å². The average Bonchev–Trinajstić information content (AvgIpc) is 2.96. The van der Waals surface area contributed by atoms with Gasteiger partial charge in [-0.3, -0.25) is 19.8 Å². The van der Waals surface area contributed by atoms with Crippen molar-refractivity contribution in [2.45, 2.75) is 20.8 Å². The SMILES string of the molecule is COC(=O)c1ccc(C)c(-n2c(C)cc(/C=C3/C(=O)NC(=O)N(C)C3=O)c2C)c1. The summed E-state index contributed by atoms with van der Waals surface area (Å²) in [5.74, 6) is -1.83. The van der Waals surface area contributed by atoms with Crippen LogP contribution < -0.4 is 5.32 Å². The molecule has 0 aliphatic carbocycles. The highest BCUT2D eigenvalue weighted by atomic mass is 16.5. The van der Waals surface area contributed by atoms with Crippen LogP contribution >= 0.6 is 0 Å². The van der Waals surface area contributed by atoms with E-state index in [1.54, 1.807) is 12.1 Å². The number of urea groups is 1. The molecule has 0 bridgehead atoms. The van der Waals surface area contributed by atoms with Crippen LogP contribution in [0.4, 0.5) is 4.79 Å². The van der Waals surface area contributed by atoms with Gasteiger partial charge in [-0.25, -0.2) is 9.59 Å². The van der Waals surface area contributed by atoms with Crippen molar-refractivity contribution in [3.05, 3.63) is 57.9 Å². The Kier molecular flexibility index (Phi) is 5.11. The zero-order chi connectivity index (χ0) is 21.5. The number of carbonyl (C=O) groups excluding carboxylic acids is 4. The van der Waals surface area contributed by atoms with Crippen LogP contribution in [0.3, 0.4) is 0 Å². The molecular formula is C21H21N3O5. The Labute approximate surface area is 167 Å². The average molecular weight is 395 g/mol. The molecule has 1 aliphatic rings. The van der Waals surface area contributed by atoms with Crippen LogP contribution in [-0.4, -0.2) is 47.4 Å². The highest BCUT2D eigenvalue weighted by Gasteiger charge is 2.33. The smallest absolute Gasteiger partial charge is 0.337 e. The fourth-order valence-electron chi connectivity index (χ4n) is 3.30. The van der Waals surface area contributed by atoms with Crippen LogP contribution in [0.1, 0.15) is 32.9 Å². The molecule has 0 saturated carbocycles. The molecule has 0 spiro atoms. The van der Waals surface area contributed by atoms with Crippen LogP contribution in [0.2, 0.25) is 0 Å². The van der Waals surface area contributed by atoms with Gasteiger partial charge in [-0.1, -0.05) is 6.07 Å². The van der Waals surface area contributed by atoms with Crippen molar-refractivity contribution in [3.63, 3.8) is 0 Å². The quantitative estimate of drug-likeness (QED) is 0.488. The fourth-order valence-corrected chi connectivity index (χ4v) is 3.30. The van der Waals surface area contributed by atoms with Crippen LogP contribution in [0, 0.1) is 20.8 Å². The highest BCUT2D eigenvalue weighted by molar-refractivity contribution is 6.30. The molecular weight excluding hydrogens is 374 g/mol.